The van der Waals surface area contributed by atoms with Crippen LogP contribution in [0.15, 0.2) is 48.5 Å². The van der Waals surface area contributed by atoms with Crippen LogP contribution in [0, 0.1) is 6.92 Å². The van der Waals surface area contributed by atoms with Crippen LogP contribution in [-0.2, 0) is 4.74 Å². The first-order chi connectivity index (χ1) is 13.5. The van der Waals surface area contributed by atoms with Crippen LogP contribution in [0.2, 0.25) is 0 Å². The molecule has 6 heteroatoms. The number of fused-ring (bicyclic) bond motifs is 2. The number of esters is 1. The summed E-state index contributed by atoms with van der Waals surface area (Å²) >= 11 is 0. The van der Waals surface area contributed by atoms with Crippen molar-refractivity contribution in [3.8, 4) is 5.69 Å². The predicted octanol–water partition coefficient (Wildman–Crippen LogP) is 4.42. The molecular formula is C22H22N4O2. The van der Waals surface area contributed by atoms with Crippen LogP contribution < -0.4 is 5.73 Å². The number of nitrogen functional groups attached to an aromatic ring is 1. The zero-order valence-corrected chi connectivity index (χ0v) is 16.1. The molecule has 142 valence electrons. The van der Waals surface area contributed by atoms with E-state index in [-0.39, 0.29) is 17.5 Å². The lowest BCUT2D eigenvalue weighted by atomic mass is 10.2. The molecule has 0 unspecified atom stereocenters. The van der Waals surface area contributed by atoms with Crippen molar-refractivity contribution in [1.29, 1.82) is 0 Å². The first kappa shape index (κ1) is 18.0. The molecule has 0 spiro atoms. The summed E-state index contributed by atoms with van der Waals surface area (Å²) in [6, 6.07) is 15.4. The molecule has 0 bridgehead atoms. The first-order valence-corrected chi connectivity index (χ1v) is 9.34. The van der Waals surface area contributed by atoms with Crippen LogP contribution in [0.3, 0.4) is 0 Å². The number of carbonyl (C=O) groups is 1. The summed E-state index contributed by atoms with van der Waals surface area (Å²) in [5.74, 6) is -0.197. The number of ether oxygens (including phenoxy) is 1. The summed E-state index contributed by atoms with van der Waals surface area (Å²) in [4.78, 5) is 22.4. The number of aryl methyl sites for hydroxylation is 1. The third-order valence-corrected chi connectivity index (χ3v) is 4.84. The number of hydrogen-bond donors (Lipinski definition) is 1. The maximum absolute atomic E-state index is 12.9. The maximum atomic E-state index is 12.9. The van der Waals surface area contributed by atoms with E-state index in [0.29, 0.717) is 16.7 Å². The Hall–Kier alpha value is -3.41. The van der Waals surface area contributed by atoms with Gasteiger partial charge in [-0.05, 0) is 50.1 Å². The average molecular weight is 374 g/mol. The largest absolute Gasteiger partial charge is 0.459 e. The number of hydrogen-bond acceptors (Lipinski definition) is 5. The van der Waals surface area contributed by atoms with E-state index in [0.717, 1.165) is 23.2 Å². The van der Waals surface area contributed by atoms with E-state index in [4.69, 9.17) is 20.4 Å². The molecule has 4 aromatic rings. The summed E-state index contributed by atoms with van der Waals surface area (Å²) < 4.78 is 7.33. The summed E-state index contributed by atoms with van der Waals surface area (Å²) in [6.45, 7) is 5.82. The van der Waals surface area contributed by atoms with Crippen LogP contribution in [0.4, 0.5) is 5.82 Å². The van der Waals surface area contributed by atoms with Crippen molar-refractivity contribution in [3.63, 3.8) is 0 Å². The number of benzene rings is 2. The Morgan fingerprint density at radius 2 is 1.86 bits per heavy atom. The minimum absolute atomic E-state index is 0.210. The summed E-state index contributed by atoms with van der Waals surface area (Å²) in [5.41, 5.74) is 11.1. The summed E-state index contributed by atoms with van der Waals surface area (Å²) in [7, 11) is 0. The third-order valence-electron chi connectivity index (χ3n) is 4.84. The van der Waals surface area contributed by atoms with Gasteiger partial charge in [-0.2, -0.15) is 0 Å². The van der Waals surface area contributed by atoms with Gasteiger partial charge in [0.2, 0.25) is 0 Å². The van der Waals surface area contributed by atoms with Gasteiger partial charge in [0.15, 0.2) is 5.65 Å². The Balaban J connectivity index is 2.04. The van der Waals surface area contributed by atoms with E-state index in [1.54, 1.807) is 4.57 Å². The van der Waals surface area contributed by atoms with Gasteiger partial charge in [-0.15, -0.1) is 0 Å². The second-order valence-electron chi connectivity index (χ2n) is 6.94. The molecule has 0 aliphatic carbocycles. The second-order valence-corrected chi connectivity index (χ2v) is 6.94. The fourth-order valence-corrected chi connectivity index (χ4v) is 3.22. The summed E-state index contributed by atoms with van der Waals surface area (Å²) in [6.07, 6.45) is 0.509. The van der Waals surface area contributed by atoms with Crippen molar-refractivity contribution >= 4 is 34.0 Å². The van der Waals surface area contributed by atoms with Crippen molar-refractivity contribution < 1.29 is 9.53 Å². The number of aromatic nitrogens is 3. The minimum atomic E-state index is -0.479. The van der Waals surface area contributed by atoms with Crippen LogP contribution in [-0.4, -0.2) is 26.6 Å². The van der Waals surface area contributed by atoms with Crippen molar-refractivity contribution in [2.24, 2.45) is 0 Å². The van der Waals surface area contributed by atoms with Crippen molar-refractivity contribution in [1.82, 2.24) is 14.5 Å². The lowest BCUT2D eigenvalue weighted by Crippen LogP contribution is -2.15. The first-order valence-electron chi connectivity index (χ1n) is 9.34. The lowest BCUT2D eigenvalue weighted by Gasteiger charge is -2.11. The highest BCUT2D eigenvalue weighted by Crippen LogP contribution is 2.32. The van der Waals surface area contributed by atoms with Gasteiger partial charge in [0.1, 0.15) is 16.9 Å². The number of nitrogens with zero attached hydrogens (tertiary/aromatic N) is 3. The molecule has 2 aromatic carbocycles. The Labute approximate surface area is 163 Å². The van der Waals surface area contributed by atoms with Crippen LogP contribution in [0.25, 0.3) is 27.9 Å². The smallest absolute Gasteiger partial charge is 0.344 e. The molecule has 0 saturated heterocycles. The molecule has 1 atom stereocenters. The topological polar surface area (TPSA) is 83.0 Å². The van der Waals surface area contributed by atoms with E-state index in [2.05, 4.69) is 0 Å². The molecule has 0 fully saturated rings. The van der Waals surface area contributed by atoms with Gasteiger partial charge in [0, 0.05) is 5.69 Å². The highest BCUT2D eigenvalue weighted by Gasteiger charge is 2.26. The minimum Gasteiger partial charge on any atom is -0.459 e. The predicted molar refractivity (Wildman–Crippen MR) is 111 cm³/mol. The molecule has 28 heavy (non-hydrogen) atoms. The molecule has 6 nitrogen and oxygen atoms in total. The zero-order valence-electron chi connectivity index (χ0n) is 16.1. The Morgan fingerprint density at radius 3 is 2.54 bits per heavy atom. The van der Waals surface area contributed by atoms with Crippen molar-refractivity contribution in [3.05, 3.63) is 59.7 Å². The molecule has 0 amide bonds. The standard InChI is InChI=1S/C22H22N4O2/c1-4-14(3)28-22(27)18-19-21(25-17-11-6-5-10-16(17)24-19)26(20(18)23)15-9-7-8-13(2)12-15/h5-12,14H,4,23H2,1-3H3/t14-/m0/s1. The Morgan fingerprint density at radius 1 is 1.14 bits per heavy atom. The molecule has 0 aliphatic rings. The highest BCUT2D eigenvalue weighted by molar-refractivity contribution is 6.09. The highest BCUT2D eigenvalue weighted by atomic mass is 16.5. The molecule has 2 heterocycles. The van der Waals surface area contributed by atoms with Crippen LogP contribution >= 0.6 is 0 Å². The van der Waals surface area contributed by atoms with Gasteiger partial charge >= 0.3 is 5.97 Å². The SMILES string of the molecule is CC[C@H](C)OC(=O)c1c(N)n(-c2cccc(C)c2)c2nc3ccccc3nc12. The van der Waals surface area contributed by atoms with Gasteiger partial charge in [0.25, 0.3) is 0 Å². The fraction of sp³-hybridized carbons (Fsp3) is 0.227. The second kappa shape index (κ2) is 6.96. The number of rotatable bonds is 4. The quantitative estimate of drug-likeness (QED) is 0.535. The van der Waals surface area contributed by atoms with Gasteiger partial charge in [-0.3, -0.25) is 4.57 Å². The monoisotopic (exact) mass is 374 g/mol. The summed E-state index contributed by atoms with van der Waals surface area (Å²) in [5, 5.41) is 0. The molecule has 0 radical (unpaired) electrons. The van der Waals surface area contributed by atoms with Gasteiger partial charge in [-0.25, -0.2) is 14.8 Å². The normalized spacial score (nSPS) is 12.4. The van der Waals surface area contributed by atoms with Gasteiger partial charge in [0.05, 0.1) is 17.1 Å². The molecule has 0 saturated carbocycles. The number of para-hydroxylation sites is 2. The van der Waals surface area contributed by atoms with E-state index >= 15 is 0 Å². The van der Waals surface area contributed by atoms with E-state index in [1.165, 1.54) is 0 Å². The molecule has 4 rings (SSSR count). The van der Waals surface area contributed by atoms with Crippen LogP contribution in [0.1, 0.15) is 36.2 Å². The lowest BCUT2D eigenvalue weighted by molar-refractivity contribution is 0.0338. The van der Waals surface area contributed by atoms with E-state index < -0.39 is 5.97 Å². The number of carbonyl (C=O) groups excluding carboxylic acids is 1. The third kappa shape index (κ3) is 2.97. The van der Waals surface area contributed by atoms with Gasteiger partial charge < -0.3 is 10.5 Å². The van der Waals surface area contributed by atoms with Crippen molar-refractivity contribution in [2.75, 3.05) is 5.73 Å². The Kier molecular flexibility index (Phi) is 4.47. The van der Waals surface area contributed by atoms with Crippen LogP contribution in [0.5, 0.6) is 0 Å². The zero-order chi connectivity index (χ0) is 19.8. The van der Waals surface area contributed by atoms with E-state index in [1.807, 2.05) is 69.3 Å². The van der Waals surface area contributed by atoms with E-state index in [9.17, 15) is 4.79 Å². The fourth-order valence-electron chi connectivity index (χ4n) is 3.22. The maximum Gasteiger partial charge on any atom is 0.344 e. The molecule has 2 aromatic heterocycles. The molecular weight excluding hydrogens is 352 g/mol. The van der Waals surface area contributed by atoms with Crippen molar-refractivity contribution in [2.45, 2.75) is 33.3 Å². The molecule has 2 N–H and O–H groups in total. The van der Waals surface area contributed by atoms with Gasteiger partial charge in [-0.1, -0.05) is 31.2 Å². The number of anilines is 1. The molecule has 0 aliphatic heterocycles. The Bertz CT molecular complexity index is 1200. The average Bonchev–Trinajstić information content (AvgIpc) is 2.96. The number of nitrogens with two attached hydrogens (primary N) is 1.